The zero-order valence-electron chi connectivity index (χ0n) is 5.39. The summed E-state index contributed by atoms with van der Waals surface area (Å²) in [5.74, 6) is 1.81. The topological polar surface area (TPSA) is 47.6 Å². The van der Waals surface area contributed by atoms with E-state index in [0.29, 0.717) is 19.3 Å². The van der Waals surface area contributed by atoms with Gasteiger partial charge in [-0.1, -0.05) is 15.9 Å². The molecule has 0 fully saturated rings. The molecule has 0 saturated carbocycles. The van der Waals surface area contributed by atoms with Crippen LogP contribution in [0.2, 0.25) is 0 Å². The number of alkyl halides is 1. The lowest BCUT2D eigenvalue weighted by Gasteiger charge is -1.75. The summed E-state index contributed by atoms with van der Waals surface area (Å²) in [6.07, 6.45) is 1.73. The number of rotatable bonds is 2. The number of unbranched alkanes of at least 4 members (excludes halogenated alkanes) is 2. The lowest BCUT2D eigenvalue weighted by molar-refractivity contribution is 0.885. The number of halogens is 1. The Morgan fingerprint density at radius 1 is 1.11 bits per heavy atom. The molecule has 0 bridgehead atoms. The minimum Gasteiger partial charge on any atom is -0.198 e. The third kappa shape index (κ3) is 18.6. The molecule has 2 nitrogen and oxygen atoms in total. The molecular weight excluding hydrogens is 180 g/mol. The van der Waals surface area contributed by atoms with E-state index < -0.39 is 0 Å². The fourth-order valence-electron chi connectivity index (χ4n) is 0.247. The summed E-state index contributed by atoms with van der Waals surface area (Å²) in [5, 5.41) is 15.9. The normalized spacial score (nSPS) is 5.78. The van der Waals surface area contributed by atoms with Crippen LogP contribution in [0.3, 0.4) is 0 Å². The SMILES string of the molecule is CBr.N#CCCCC#N. The van der Waals surface area contributed by atoms with Crippen LogP contribution in [0.4, 0.5) is 0 Å². The maximum atomic E-state index is 7.93. The molecule has 3 heteroatoms. The van der Waals surface area contributed by atoms with E-state index in [2.05, 4.69) is 15.9 Å². The van der Waals surface area contributed by atoms with E-state index in [4.69, 9.17) is 10.5 Å². The van der Waals surface area contributed by atoms with Gasteiger partial charge in [-0.25, -0.2) is 0 Å². The van der Waals surface area contributed by atoms with E-state index in [-0.39, 0.29) is 0 Å². The van der Waals surface area contributed by atoms with Crippen LogP contribution in [-0.2, 0) is 0 Å². The first-order valence-electron chi connectivity index (χ1n) is 2.53. The molecule has 0 aromatic carbocycles. The molecule has 0 rings (SSSR count). The van der Waals surface area contributed by atoms with Gasteiger partial charge in [-0.2, -0.15) is 10.5 Å². The van der Waals surface area contributed by atoms with E-state index in [0.717, 1.165) is 0 Å². The Bertz CT molecular complexity index is 95.2. The van der Waals surface area contributed by atoms with Crippen LogP contribution in [0.1, 0.15) is 19.3 Å². The van der Waals surface area contributed by atoms with Crippen molar-refractivity contribution in [1.29, 1.82) is 10.5 Å². The fraction of sp³-hybridized carbons (Fsp3) is 0.667. The molecule has 0 N–H and O–H groups in total. The van der Waals surface area contributed by atoms with E-state index in [1.165, 1.54) is 0 Å². The Labute approximate surface area is 64.2 Å². The van der Waals surface area contributed by atoms with Crippen LogP contribution in [0.15, 0.2) is 0 Å². The number of hydrogen-bond acceptors (Lipinski definition) is 2. The van der Waals surface area contributed by atoms with Gasteiger partial charge in [0.05, 0.1) is 12.1 Å². The van der Waals surface area contributed by atoms with Crippen LogP contribution in [-0.4, -0.2) is 5.83 Å². The van der Waals surface area contributed by atoms with E-state index >= 15 is 0 Å². The van der Waals surface area contributed by atoms with Crippen molar-refractivity contribution in [2.24, 2.45) is 0 Å². The molecule has 0 spiro atoms. The maximum absolute atomic E-state index is 7.93. The third-order valence-electron chi connectivity index (χ3n) is 0.577. The van der Waals surface area contributed by atoms with Crippen LogP contribution in [0.5, 0.6) is 0 Å². The van der Waals surface area contributed by atoms with Crippen molar-refractivity contribution in [3.8, 4) is 12.1 Å². The summed E-state index contributed by atoms with van der Waals surface area (Å²) in [4.78, 5) is 0. The second-order valence-electron chi connectivity index (χ2n) is 1.17. The fourth-order valence-corrected chi connectivity index (χ4v) is 0.247. The molecule has 0 amide bonds. The standard InChI is InChI=1S/C5H6N2.CH3Br/c6-4-2-1-3-5-7;1-2/h1-3H2;1H3. The lowest BCUT2D eigenvalue weighted by atomic mass is 10.3. The van der Waals surface area contributed by atoms with Crippen LogP contribution < -0.4 is 0 Å². The summed E-state index contributed by atoms with van der Waals surface area (Å²) in [5.41, 5.74) is 0. The summed E-state index contributed by atoms with van der Waals surface area (Å²) in [7, 11) is 0. The number of nitriles is 2. The second kappa shape index (κ2) is 15.7. The smallest absolute Gasteiger partial charge is 0.0622 e. The first-order valence-corrected chi connectivity index (χ1v) is 4.12. The predicted molar refractivity (Wildman–Crippen MR) is 39.9 cm³/mol. The number of hydrogen-bond donors (Lipinski definition) is 0. The van der Waals surface area contributed by atoms with Crippen LogP contribution in [0, 0.1) is 22.7 Å². The van der Waals surface area contributed by atoms with Gasteiger partial charge < -0.3 is 0 Å². The molecule has 0 atom stereocenters. The molecule has 50 valence electrons. The van der Waals surface area contributed by atoms with Crippen molar-refractivity contribution in [2.75, 3.05) is 5.83 Å². The van der Waals surface area contributed by atoms with Crippen molar-refractivity contribution >= 4 is 15.9 Å². The van der Waals surface area contributed by atoms with Crippen molar-refractivity contribution in [2.45, 2.75) is 19.3 Å². The van der Waals surface area contributed by atoms with Gasteiger partial charge in [0.1, 0.15) is 0 Å². The van der Waals surface area contributed by atoms with Gasteiger partial charge in [0.2, 0.25) is 0 Å². The molecule has 0 unspecified atom stereocenters. The monoisotopic (exact) mass is 188 g/mol. The van der Waals surface area contributed by atoms with Crippen molar-refractivity contribution in [1.82, 2.24) is 0 Å². The maximum Gasteiger partial charge on any atom is 0.0622 e. The molecule has 0 aromatic rings. The minimum absolute atomic E-state index is 0.508. The molecule has 0 radical (unpaired) electrons. The molecule has 0 aliphatic carbocycles. The van der Waals surface area contributed by atoms with Gasteiger partial charge in [-0.15, -0.1) is 0 Å². The average Bonchev–Trinajstić information content (AvgIpc) is 1.94. The van der Waals surface area contributed by atoms with E-state index in [1.54, 1.807) is 0 Å². The molecule has 9 heavy (non-hydrogen) atoms. The Morgan fingerprint density at radius 3 is 1.67 bits per heavy atom. The van der Waals surface area contributed by atoms with Gasteiger partial charge >= 0.3 is 0 Å². The first kappa shape index (κ1) is 11.3. The Balaban J connectivity index is 0. The van der Waals surface area contributed by atoms with Gasteiger partial charge in [-0.05, 0) is 12.3 Å². The first-order chi connectivity index (χ1) is 4.41. The highest BCUT2D eigenvalue weighted by Gasteiger charge is 1.79. The predicted octanol–water partition coefficient (Wildman–Crippen LogP) is 2.21. The summed E-state index contributed by atoms with van der Waals surface area (Å²) in [6, 6.07) is 3.90. The molecular formula is C6H9BrN2. The van der Waals surface area contributed by atoms with Gasteiger partial charge in [-0.3, -0.25) is 0 Å². The van der Waals surface area contributed by atoms with E-state index in [9.17, 15) is 0 Å². The quantitative estimate of drug-likeness (QED) is 0.493. The zero-order valence-corrected chi connectivity index (χ0v) is 6.98. The molecule has 0 aliphatic rings. The summed E-state index contributed by atoms with van der Waals surface area (Å²) >= 11 is 2.94. The van der Waals surface area contributed by atoms with Gasteiger partial charge in [0, 0.05) is 12.8 Å². The molecule has 0 aromatic heterocycles. The Morgan fingerprint density at radius 2 is 1.44 bits per heavy atom. The van der Waals surface area contributed by atoms with Crippen molar-refractivity contribution in [3.05, 3.63) is 0 Å². The van der Waals surface area contributed by atoms with E-state index in [1.807, 2.05) is 18.0 Å². The Hall–Kier alpha value is -0.540. The summed E-state index contributed by atoms with van der Waals surface area (Å²) < 4.78 is 0. The van der Waals surface area contributed by atoms with Crippen molar-refractivity contribution in [3.63, 3.8) is 0 Å². The molecule has 0 saturated heterocycles. The highest BCUT2D eigenvalue weighted by molar-refractivity contribution is 9.08. The van der Waals surface area contributed by atoms with Crippen molar-refractivity contribution < 1.29 is 0 Å². The zero-order chi connectivity index (χ0) is 7.54. The van der Waals surface area contributed by atoms with Gasteiger partial charge in [0.25, 0.3) is 0 Å². The minimum atomic E-state index is 0.508. The third-order valence-corrected chi connectivity index (χ3v) is 0.577. The summed E-state index contributed by atoms with van der Waals surface area (Å²) in [6.45, 7) is 0. The molecule has 0 heterocycles. The average molecular weight is 189 g/mol. The Kier molecular flexibility index (Phi) is 19.6. The van der Waals surface area contributed by atoms with Gasteiger partial charge in [0.15, 0.2) is 0 Å². The second-order valence-corrected chi connectivity index (χ2v) is 1.17. The van der Waals surface area contributed by atoms with Crippen LogP contribution >= 0.6 is 15.9 Å². The molecule has 0 aliphatic heterocycles. The number of nitrogens with zero attached hydrogens (tertiary/aromatic N) is 2. The lowest BCUT2D eigenvalue weighted by Crippen LogP contribution is -1.65. The highest BCUT2D eigenvalue weighted by atomic mass is 79.9. The van der Waals surface area contributed by atoms with Crippen LogP contribution in [0.25, 0.3) is 0 Å². The largest absolute Gasteiger partial charge is 0.198 e. The highest BCUT2D eigenvalue weighted by Crippen LogP contribution is 1.88.